The number of ether oxygens (including phenoxy) is 1. The second-order valence-electron chi connectivity index (χ2n) is 2.45. The lowest BCUT2D eigenvalue weighted by Crippen LogP contribution is -2.30. The summed E-state index contributed by atoms with van der Waals surface area (Å²) in [5, 5.41) is -0.565. The van der Waals surface area contributed by atoms with E-state index in [-0.39, 0.29) is 24.3 Å². The SMILES string of the molecule is COC1CC(SF)C(=O)N1C. The molecule has 1 aliphatic heterocycles. The third-order valence-electron chi connectivity index (χ3n) is 1.85. The molecule has 64 valence electrons. The summed E-state index contributed by atoms with van der Waals surface area (Å²) in [5.41, 5.74) is 0. The Hall–Kier alpha value is -0.290. The Bertz CT molecular complexity index is 163. The zero-order valence-corrected chi connectivity index (χ0v) is 7.23. The molecule has 0 aromatic carbocycles. The van der Waals surface area contributed by atoms with Crippen molar-refractivity contribution < 1.29 is 13.4 Å². The topological polar surface area (TPSA) is 29.5 Å². The fraction of sp³-hybridized carbons (Fsp3) is 0.833. The molecule has 0 spiro atoms. The fourth-order valence-electron chi connectivity index (χ4n) is 1.14. The largest absolute Gasteiger partial charge is 0.361 e. The van der Waals surface area contributed by atoms with Crippen LogP contribution in [0.25, 0.3) is 0 Å². The minimum atomic E-state index is -0.565. The number of likely N-dealkylation sites (tertiary alicyclic amines) is 1. The molecule has 0 saturated carbocycles. The molecular weight excluding hydrogens is 169 g/mol. The summed E-state index contributed by atoms with van der Waals surface area (Å²) in [6, 6.07) is 0. The van der Waals surface area contributed by atoms with Gasteiger partial charge < -0.3 is 9.64 Å². The Morgan fingerprint density at radius 1 is 1.82 bits per heavy atom. The van der Waals surface area contributed by atoms with Gasteiger partial charge in [0.1, 0.15) is 11.5 Å². The zero-order valence-electron chi connectivity index (χ0n) is 6.41. The third-order valence-corrected chi connectivity index (χ3v) is 2.46. The Labute approximate surface area is 69.2 Å². The highest BCUT2D eigenvalue weighted by atomic mass is 32.2. The van der Waals surface area contributed by atoms with Gasteiger partial charge in [-0.3, -0.25) is 4.79 Å². The van der Waals surface area contributed by atoms with Crippen LogP contribution in [0.2, 0.25) is 0 Å². The second-order valence-corrected chi connectivity index (χ2v) is 3.20. The average Bonchev–Trinajstić information content (AvgIpc) is 2.30. The summed E-state index contributed by atoms with van der Waals surface area (Å²) in [7, 11) is 3.13. The van der Waals surface area contributed by atoms with E-state index in [1.54, 1.807) is 7.05 Å². The normalized spacial score (nSPS) is 31.5. The van der Waals surface area contributed by atoms with Gasteiger partial charge in [0.25, 0.3) is 0 Å². The number of amides is 1. The molecule has 1 fully saturated rings. The predicted octanol–water partition coefficient (Wildman–Crippen LogP) is 0.807. The smallest absolute Gasteiger partial charge is 0.240 e. The number of carbonyl (C=O) groups is 1. The molecule has 1 saturated heterocycles. The lowest BCUT2D eigenvalue weighted by Gasteiger charge is -2.16. The monoisotopic (exact) mass is 179 g/mol. The zero-order chi connectivity index (χ0) is 8.43. The van der Waals surface area contributed by atoms with Gasteiger partial charge in [-0.15, -0.1) is 0 Å². The van der Waals surface area contributed by atoms with Crippen LogP contribution in [0.3, 0.4) is 0 Å². The van der Waals surface area contributed by atoms with Gasteiger partial charge in [0.05, 0.1) is 12.1 Å². The lowest BCUT2D eigenvalue weighted by atomic mass is 10.3. The maximum absolute atomic E-state index is 12.0. The quantitative estimate of drug-likeness (QED) is 0.628. The van der Waals surface area contributed by atoms with E-state index in [0.29, 0.717) is 6.42 Å². The van der Waals surface area contributed by atoms with Gasteiger partial charge in [0, 0.05) is 20.6 Å². The first-order valence-corrected chi connectivity index (χ1v) is 4.05. The van der Waals surface area contributed by atoms with Crippen molar-refractivity contribution in [2.45, 2.75) is 17.9 Å². The van der Waals surface area contributed by atoms with Gasteiger partial charge in [-0.2, -0.15) is 3.89 Å². The van der Waals surface area contributed by atoms with Crippen molar-refractivity contribution in [2.75, 3.05) is 14.2 Å². The number of nitrogens with zero attached hydrogens (tertiary/aromatic N) is 1. The summed E-state index contributed by atoms with van der Waals surface area (Å²) in [6.07, 6.45) is 0.184. The number of carbonyl (C=O) groups excluding carboxylic acids is 1. The minimum absolute atomic E-state index is 0.0922. The summed E-state index contributed by atoms with van der Waals surface area (Å²) in [5.74, 6) is -0.190. The van der Waals surface area contributed by atoms with Gasteiger partial charge in [-0.05, 0) is 0 Å². The van der Waals surface area contributed by atoms with Crippen LogP contribution in [-0.4, -0.2) is 36.4 Å². The van der Waals surface area contributed by atoms with Crippen molar-refractivity contribution in [3.8, 4) is 0 Å². The van der Waals surface area contributed by atoms with Crippen molar-refractivity contribution >= 4 is 18.1 Å². The first kappa shape index (κ1) is 8.80. The summed E-state index contributed by atoms with van der Waals surface area (Å²) in [6.45, 7) is 0. The number of hydrogen-bond donors (Lipinski definition) is 0. The molecule has 3 nitrogen and oxygen atoms in total. The average molecular weight is 179 g/mol. The van der Waals surface area contributed by atoms with Crippen LogP contribution in [0.15, 0.2) is 0 Å². The summed E-state index contributed by atoms with van der Waals surface area (Å²) >= 11 is 0.0922. The van der Waals surface area contributed by atoms with E-state index in [2.05, 4.69) is 0 Å². The van der Waals surface area contributed by atoms with Gasteiger partial charge >= 0.3 is 0 Å². The summed E-state index contributed by atoms with van der Waals surface area (Å²) < 4.78 is 17.0. The van der Waals surface area contributed by atoms with E-state index in [1.165, 1.54) is 12.0 Å². The molecule has 1 rings (SSSR count). The van der Waals surface area contributed by atoms with Crippen LogP contribution in [0.5, 0.6) is 0 Å². The molecule has 0 bridgehead atoms. The molecule has 1 heterocycles. The van der Waals surface area contributed by atoms with Gasteiger partial charge in [-0.1, -0.05) is 0 Å². The Balaban J connectivity index is 2.61. The maximum atomic E-state index is 12.0. The van der Waals surface area contributed by atoms with E-state index in [1.807, 2.05) is 0 Å². The predicted molar refractivity (Wildman–Crippen MR) is 40.7 cm³/mol. The van der Waals surface area contributed by atoms with E-state index in [4.69, 9.17) is 4.74 Å². The van der Waals surface area contributed by atoms with Crippen LogP contribution in [-0.2, 0) is 9.53 Å². The molecule has 0 aliphatic carbocycles. The van der Waals surface area contributed by atoms with Gasteiger partial charge in [-0.25, -0.2) is 0 Å². The van der Waals surface area contributed by atoms with Crippen molar-refractivity contribution in [3.05, 3.63) is 0 Å². The molecule has 0 radical (unpaired) electrons. The second kappa shape index (κ2) is 3.40. The van der Waals surface area contributed by atoms with Crippen LogP contribution in [0.4, 0.5) is 3.89 Å². The molecule has 11 heavy (non-hydrogen) atoms. The fourth-order valence-corrected chi connectivity index (χ4v) is 1.62. The molecule has 0 aromatic rings. The standard InChI is InChI=1S/C6H10FNO2S/c1-8-5(10-2)3-4(11-7)6(8)9/h4-5H,3H2,1-2H3. The highest BCUT2D eigenvalue weighted by Gasteiger charge is 2.38. The first-order valence-electron chi connectivity index (χ1n) is 3.27. The molecule has 0 N–H and O–H groups in total. The van der Waals surface area contributed by atoms with Crippen molar-refractivity contribution in [2.24, 2.45) is 0 Å². The third kappa shape index (κ3) is 1.49. The minimum Gasteiger partial charge on any atom is -0.361 e. The van der Waals surface area contributed by atoms with Crippen molar-refractivity contribution in [1.82, 2.24) is 4.90 Å². The molecule has 1 amide bonds. The Kier molecular flexibility index (Phi) is 2.72. The molecule has 2 unspecified atom stereocenters. The lowest BCUT2D eigenvalue weighted by molar-refractivity contribution is -0.132. The highest BCUT2D eigenvalue weighted by molar-refractivity contribution is 7.95. The van der Waals surface area contributed by atoms with Crippen LogP contribution in [0, 0.1) is 0 Å². The molecule has 5 heteroatoms. The molecule has 2 atom stereocenters. The van der Waals surface area contributed by atoms with Crippen molar-refractivity contribution in [3.63, 3.8) is 0 Å². The van der Waals surface area contributed by atoms with Crippen LogP contribution >= 0.6 is 12.1 Å². The number of hydrogen-bond acceptors (Lipinski definition) is 3. The van der Waals surface area contributed by atoms with Crippen LogP contribution in [0.1, 0.15) is 6.42 Å². The maximum Gasteiger partial charge on any atom is 0.240 e. The number of methoxy groups -OCH3 is 1. The highest BCUT2D eigenvalue weighted by Crippen LogP contribution is 2.28. The first-order chi connectivity index (χ1) is 5.20. The van der Waals surface area contributed by atoms with E-state index < -0.39 is 5.25 Å². The number of halogens is 1. The van der Waals surface area contributed by atoms with Crippen LogP contribution < -0.4 is 0 Å². The molecule has 1 aliphatic rings. The van der Waals surface area contributed by atoms with Crippen molar-refractivity contribution in [1.29, 1.82) is 0 Å². The molecule has 0 aromatic heterocycles. The van der Waals surface area contributed by atoms with E-state index >= 15 is 0 Å². The van der Waals surface area contributed by atoms with E-state index in [9.17, 15) is 8.68 Å². The van der Waals surface area contributed by atoms with Gasteiger partial charge in [0.2, 0.25) is 5.91 Å². The Morgan fingerprint density at radius 3 is 2.73 bits per heavy atom. The van der Waals surface area contributed by atoms with Gasteiger partial charge in [0.15, 0.2) is 0 Å². The summed E-state index contributed by atoms with van der Waals surface area (Å²) in [4.78, 5) is 12.5. The Morgan fingerprint density at radius 2 is 2.45 bits per heavy atom. The molecular formula is C6H10FNO2S. The number of rotatable bonds is 2. The van der Waals surface area contributed by atoms with E-state index in [0.717, 1.165) is 0 Å².